The van der Waals surface area contributed by atoms with E-state index in [0.29, 0.717) is 5.92 Å². The number of rotatable bonds is 10. The summed E-state index contributed by atoms with van der Waals surface area (Å²) < 4.78 is 0. The van der Waals surface area contributed by atoms with Gasteiger partial charge in [0.25, 0.3) is 0 Å². The van der Waals surface area contributed by atoms with Crippen molar-refractivity contribution in [2.75, 3.05) is 26.2 Å². The van der Waals surface area contributed by atoms with Gasteiger partial charge in [0.1, 0.15) is 0 Å². The molecule has 1 fully saturated rings. The van der Waals surface area contributed by atoms with Crippen molar-refractivity contribution in [3.63, 3.8) is 0 Å². The van der Waals surface area contributed by atoms with Gasteiger partial charge in [-0.25, -0.2) is 0 Å². The van der Waals surface area contributed by atoms with Gasteiger partial charge in [-0.1, -0.05) is 60.7 Å². The predicted octanol–water partition coefficient (Wildman–Crippen LogP) is 3.85. The summed E-state index contributed by atoms with van der Waals surface area (Å²) in [5.74, 6) is 0.575. The van der Waals surface area contributed by atoms with Crippen molar-refractivity contribution in [1.82, 2.24) is 10.2 Å². The van der Waals surface area contributed by atoms with Crippen LogP contribution >= 0.6 is 0 Å². The van der Waals surface area contributed by atoms with E-state index in [1.54, 1.807) is 0 Å². The summed E-state index contributed by atoms with van der Waals surface area (Å²) >= 11 is 0. The van der Waals surface area contributed by atoms with Gasteiger partial charge < -0.3 is 21.7 Å². The Balaban J connectivity index is 1.48. The summed E-state index contributed by atoms with van der Waals surface area (Å²) in [6, 6.07) is 21.1. The number of nitrogens with one attached hydrogen (secondary N) is 1. The Hall–Kier alpha value is -2.14. The van der Waals surface area contributed by atoms with E-state index in [0.717, 1.165) is 39.0 Å². The quantitative estimate of drug-likeness (QED) is 0.561. The smallest absolute Gasteiger partial charge is 0.0307 e. The van der Waals surface area contributed by atoms with Crippen LogP contribution in [0.15, 0.2) is 72.4 Å². The average Bonchev–Trinajstić information content (AvgIpc) is 2.79. The minimum Gasteiger partial charge on any atom is -0.389 e. The van der Waals surface area contributed by atoms with Crippen LogP contribution in [0.25, 0.3) is 0 Å². The Morgan fingerprint density at radius 1 is 1.03 bits per heavy atom. The molecule has 1 saturated heterocycles. The zero-order valence-corrected chi connectivity index (χ0v) is 18.3. The summed E-state index contributed by atoms with van der Waals surface area (Å²) in [6.45, 7) is 6.43. The monoisotopic (exact) mass is 406 g/mol. The first-order chi connectivity index (χ1) is 14.7. The van der Waals surface area contributed by atoms with Crippen molar-refractivity contribution in [1.29, 1.82) is 0 Å². The van der Waals surface area contributed by atoms with Crippen molar-refractivity contribution < 1.29 is 0 Å². The molecule has 3 rings (SSSR count). The van der Waals surface area contributed by atoms with Gasteiger partial charge in [-0.15, -0.1) is 0 Å². The standard InChI is InChI=1S/C26H38N4/c1-2-29-26(20-24(27)19-21-9-5-3-6-10-21)23-13-16-30(17-14-23)18-15-25(28)22-11-7-4-8-12-22/h3-12,20,23-25,29H,2,13-19,27-28H2,1H3/b26-20-. The number of benzene rings is 2. The average molecular weight is 407 g/mol. The lowest BCUT2D eigenvalue weighted by atomic mass is 9.91. The number of allylic oxidation sites excluding steroid dienone is 1. The summed E-state index contributed by atoms with van der Waals surface area (Å²) in [7, 11) is 0. The van der Waals surface area contributed by atoms with Crippen molar-refractivity contribution >= 4 is 0 Å². The van der Waals surface area contributed by atoms with Crippen LogP contribution in [0.1, 0.15) is 43.4 Å². The molecule has 162 valence electrons. The molecule has 4 nitrogen and oxygen atoms in total. The Morgan fingerprint density at radius 3 is 2.30 bits per heavy atom. The third-order valence-corrected chi connectivity index (χ3v) is 6.10. The third kappa shape index (κ3) is 6.98. The highest BCUT2D eigenvalue weighted by Gasteiger charge is 2.23. The first-order valence-electron chi connectivity index (χ1n) is 11.4. The van der Waals surface area contributed by atoms with Crippen LogP contribution in [0.3, 0.4) is 0 Å². The lowest BCUT2D eigenvalue weighted by Gasteiger charge is -2.34. The molecule has 2 aromatic carbocycles. The van der Waals surface area contributed by atoms with Crippen molar-refractivity contribution in [2.24, 2.45) is 17.4 Å². The number of hydrogen-bond acceptors (Lipinski definition) is 4. The van der Waals surface area contributed by atoms with E-state index in [1.807, 2.05) is 6.07 Å². The van der Waals surface area contributed by atoms with Crippen LogP contribution in [-0.4, -0.2) is 37.1 Å². The highest BCUT2D eigenvalue weighted by Crippen LogP contribution is 2.25. The summed E-state index contributed by atoms with van der Waals surface area (Å²) in [5, 5.41) is 3.60. The summed E-state index contributed by atoms with van der Waals surface area (Å²) in [4.78, 5) is 2.56. The fourth-order valence-corrected chi connectivity index (χ4v) is 4.38. The number of likely N-dealkylation sites (tertiary alicyclic amines) is 1. The molecule has 1 heterocycles. The normalized spacial score (nSPS) is 18.2. The SMILES string of the molecule is CCN/C(=C\C(N)Cc1ccccc1)C1CCN(CCC(N)c2ccccc2)CC1. The van der Waals surface area contributed by atoms with E-state index >= 15 is 0 Å². The zero-order valence-electron chi connectivity index (χ0n) is 18.3. The number of nitrogens with two attached hydrogens (primary N) is 2. The minimum atomic E-state index is 0.0448. The van der Waals surface area contributed by atoms with Gasteiger partial charge >= 0.3 is 0 Å². The molecular formula is C26H38N4. The van der Waals surface area contributed by atoms with Gasteiger partial charge in [0.15, 0.2) is 0 Å². The van der Waals surface area contributed by atoms with Gasteiger partial charge in [-0.05, 0) is 69.4 Å². The van der Waals surface area contributed by atoms with E-state index in [9.17, 15) is 0 Å². The molecule has 2 atom stereocenters. The van der Waals surface area contributed by atoms with Crippen LogP contribution in [0.5, 0.6) is 0 Å². The van der Waals surface area contributed by atoms with Crippen LogP contribution in [0, 0.1) is 5.92 Å². The van der Waals surface area contributed by atoms with E-state index in [1.165, 1.54) is 29.7 Å². The molecule has 1 aliphatic heterocycles. The Bertz CT molecular complexity index is 751. The van der Waals surface area contributed by atoms with Gasteiger partial charge in [0, 0.05) is 30.2 Å². The molecule has 0 radical (unpaired) electrons. The van der Waals surface area contributed by atoms with Crippen molar-refractivity contribution in [2.45, 2.75) is 44.7 Å². The Morgan fingerprint density at radius 2 is 1.67 bits per heavy atom. The Labute approximate surface area is 182 Å². The van der Waals surface area contributed by atoms with Crippen LogP contribution in [-0.2, 0) is 6.42 Å². The third-order valence-electron chi connectivity index (χ3n) is 6.10. The molecule has 2 unspecified atom stereocenters. The molecule has 4 heteroatoms. The molecule has 0 aliphatic carbocycles. The second kappa shape index (κ2) is 11.9. The van der Waals surface area contributed by atoms with Crippen LogP contribution < -0.4 is 16.8 Å². The van der Waals surface area contributed by atoms with E-state index in [2.05, 4.69) is 77.8 Å². The number of piperidine rings is 1. The predicted molar refractivity (Wildman–Crippen MR) is 127 cm³/mol. The maximum atomic E-state index is 6.47. The first-order valence-corrected chi connectivity index (χ1v) is 11.4. The summed E-state index contributed by atoms with van der Waals surface area (Å²) in [6.07, 6.45) is 6.51. The molecule has 0 saturated carbocycles. The molecule has 30 heavy (non-hydrogen) atoms. The highest BCUT2D eigenvalue weighted by molar-refractivity contribution is 5.20. The second-order valence-electron chi connectivity index (χ2n) is 8.43. The molecule has 0 aromatic heterocycles. The largest absolute Gasteiger partial charge is 0.389 e. The second-order valence-corrected chi connectivity index (χ2v) is 8.43. The van der Waals surface area contributed by atoms with E-state index in [-0.39, 0.29) is 12.1 Å². The highest BCUT2D eigenvalue weighted by atomic mass is 15.1. The molecule has 0 spiro atoms. The first kappa shape index (κ1) is 22.5. The van der Waals surface area contributed by atoms with Gasteiger partial charge in [-0.2, -0.15) is 0 Å². The fourth-order valence-electron chi connectivity index (χ4n) is 4.38. The zero-order chi connectivity index (χ0) is 21.2. The van der Waals surface area contributed by atoms with Crippen molar-refractivity contribution in [3.8, 4) is 0 Å². The van der Waals surface area contributed by atoms with E-state index < -0.39 is 0 Å². The van der Waals surface area contributed by atoms with E-state index in [4.69, 9.17) is 11.5 Å². The maximum absolute atomic E-state index is 6.47. The summed E-state index contributed by atoms with van der Waals surface area (Å²) in [5.41, 5.74) is 16.7. The van der Waals surface area contributed by atoms with Crippen LogP contribution in [0.4, 0.5) is 0 Å². The minimum absolute atomic E-state index is 0.0448. The number of hydrogen-bond donors (Lipinski definition) is 3. The maximum Gasteiger partial charge on any atom is 0.0307 e. The van der Waals surface area contributed by atoms with Gasteiger partial charge in [0.05, 0.1) is 0 Å². The molecule has 5 N–H and O–H groups in total. The topological polar surface area (TPSA) is 67.3 Å². The molecular weight excluding hydrogens is 368 g/mol. The Kier molecular flexibility index (Phi) is 8.94. The van der Waals surface area contributed by atoms with Crippen molar-refractivity contribution in [3.05, 3.63) is 83.6 Å². The lowest BCUT2D eigenvalue weighted by molar-refractivity contribution is 0.189. The fraction of sp³-hybridized carbons (Fsp3) is 0.462. The van der Waals surface area contributed by atoms with Crippen LogP contribution in [0.2, 0.25) is 0 Å². The van der Waals surface area contributed by atoms with Gasteiger partial charge in [-0.3, -0.25) is 0 Å². The molecule has 0 amide bonds. The van der Waals surface area contributed by atoms with Gasteiger partial charge in [0.2, 0.25) is 0 Å². The molecule has 2 aromatic rings. The number of nitrogens with zero attached hydrogens (tertiary/aromatic N) is 1. The lowest BCUT2D eigenvalue weighted by Crippen LogP contribution is -2.38. The molecule has 0 bridgehead atoms. The molecule has 1 aliphatic rings.